The molecule has 1 aliphatic rings. The van der Waals surface area contributed by atoms with E-state index in [9.17, 15) is 0 Å². The topological polar surface area (TPSA) is 29.3 Å². The average Bonchev–Trinajstić information content (AvgIpc) is 2.95. The van der Waals surface area contributed by atoms with Gasteiger partial charge in [-0.3, -0.25) is 4.40 Å². The molecule has 4 rings (SSSR count). The second kappa shape index (κ2) is 6.31. The molecule has 2 heterocycles. The Morgan fingerprint density at radius 3 is 2.50 bits per heavy atom. The Kier molecular flexibility index (Phi) is 4.01. The third-order valence-electron chi connectivity index (χ3n) is 5.04. The highest BCUT2D eigenvalue weighted by molar-refractivity contribution is 5.77. The van der Waals surface area contributed by atoms with Crippen LogP contribution in [0.5, 0.6) is 0 Å². The van der Waals surface area contributed by atoms with Crippen LogP contribution in [0.15, 0.2) is 42.5 Å². The van der Waals surface area contributed by atoms with E-state index in [1.54, 1.807) is 0 Å². The number of nitrogens with zero attached hydrogens (tertiary/aromatic N) is 2. The first-order valence-electron chi connectivity index (χ1n) is 9.04. The molecule has 1 fully saturated rings. The fraction of sp³-hybridized carbons (Fsp3) is 0.381. The van der Waals surface area contributed by atoms with Gasteiger partial charge in [0.1, 0.15) is 17.2 Å². The van der Waals surface area contributed by atoms with Gasteiger partial charge in [0.05, 0.1) is 0 Å². The largest absolute Gasteiger partial charge is 0.367 e. The van der Waals surface area contributed by atoms with Gasteiger partial charge in [0.2, 0.25) is 0 Å². The fourth-order valence-electron chi connectivity index (χ4n) is 3.90. The predicted molar refractivity (Wildman–Crippen MR) is 101 cm³/mol. The lowest BCUT2D eigenvalue weighted by atomic mass is 9.95. The summed E-state index contributed by atoms with van der Waals surface area (Å²) in [6, 6.07) is 15.5. The van der Waals surface area contributed by atoms with Gasteiger partial charge in [0.25, 0.3) is 0 Å². The third-order valence-corrected chi connectivity index (χ3v) is 5.04. The maximum absolute atomic E-state index is 4.97. The van der Waals surface area contributed by atoms with E-state index < -0.39 is 0 Å². The number of anilines is 1. The van der Waals surface area contributed by atoms with Gasteiger partial charge in [-0.05, 0) is 44.4 Å². The standard InChI is InChI=1S/C21H25N3/c1-15-13-16(2)24-19(14-15)23-20(17-9-5-3-6-10-17)21(24)22-18-11-7-4-8-12-18/h3,5-6,9-10,13-14,18,22H,4,7-8,11-12H2,1-2H3. The minimum atomic E-state index is 0.557. The second-order valence-corrected chi connectivity index (χ2v) is 7.02. The molecule has 0 unspecified atom stereocenters. The Labute approximate surface area is 143 Å². The van der Waals surface area contributed by atoms with E-state index in [0.717, 1.165) is 17.2 Å². The summed E-state index contributed by atoms with van der Waals surface area (Å²) in [5.74, 6) is 1.15. The maximum atomic E-state index is 4.97. The van der Waals surface area contributed by atoms with Gasteiger partial charge in [-0.25, -0.2) is 4.98 Å². The molecular formula is C21H25N3. The SMILES string of the molecule is Cc1cc(C)n2c(NC3CCCCC3)c(-c3ccccc3)nc2c1. The Morgan fingerprint density at radius 1 is 1.00 bits per heavy atom. The number of hydrogen-bond acceptors (Lipinski definition) is 2. The molecule has 1 aromatic carbocycles. The van der Waals surface area contributed by atoms with E-state index >= 15 is 0 Å². The Hall–Kier alpha value is -2.29. The first-order valence-corrected chi connectivity index (χ1v) is 9.04. The summed E-state index contributed by atoms with van der Waals surface area (Å²) >= 11 is 0. The van der Waals surface area contributed by atoms with E-state index in [1.165, 1.54) is 48.9 Å². The number of benzene rings is 1. The Morgan fingerprint density at radius 2 is 1.75 bits per heavy atom. The normalized spacial score (nSPS) is 15.8. The molecular weight excluding hydrogens is 294 g/mol. The van der Waals surface area contributed by atoms with Crippen molar-refractivity contribution in [2.24, 2.45) is 0 Å². The minimum Gasteiger partial charge on any atom is -0.367 e. The van der Waals surface area contributed by atoms with Crippen LogP contribution < -0.4 is 5.32 Å². The molecule has 2 aromatic heterocycles. The number of fused-ring (bicyclic) bond motifs is 1. The van der Waals surface area contributed by atoms with Crippen LogP contribution in [0.25, 0.3) is 16.9 Å². The fourth-order valence-corrected chi connectivity index (χ4v) is 3.90. The summed E-state index contributed by atoms with van der Waals surface area (Å²) < 4.78 is 2.28. The molecule has 0 aliphatic heterocycles. The van der Waals surface area contributed by atoms with Gasteiger partial charge < -0.3 is 5.32 Å². The molecule has 0 saturated heterocycles. The van der Waals surface area contributed by atoms with Crippen LogP contribution in [0.1, 0.15) is 43.4 Å². The van der Waals surface area contributed by atoms with Crippen LogP contribution in [0.4, 0.5) is 5.82 Å². The van der Waals surface area contributed by atoms with Crippen molar-refractivity contribution in [1.82, 2.24) is 9.38 Å². The molecule has 124 valence electrons. The van der Waals surface area contributed by atoms with Crippen LogP contribution in [0.2, 0.25) is 0 Å². The van der Waals surface area contributed by atoms with Gasteiger partial charge in [0, 0.05) is 17.3 Å². The zero-order valence-electron chi connectivity index (χ0n) is 14.5. The third kappa shape index (κ3) is 2.79. The first kappa shape index (κ1) is 15.3. The van der Waals surface area contributed by atoms with Gasteiger partial charge >= 0.3 is 0 Å². The smallest absolute Gasteiger partial charge is 0.139 e. The van der Waals surface area contributed by atoms with E-state index in [1.807, 2.05) is 0 Å². The molecule has 0 spiro atoms. The highest BCUT2D eigenvalue weighted by atomic mass is 15.2. The van der Waals surface area contributed by atoms with Crippen molar-refractivity contribution in [1.29, 1.82) is 0 Å². The summed E-state index contributed by atoms with van der Waals surface area (Å²) in [7, 11) is 0. The van der Waals surface area contributed by atoms with Gasteiger partial charge in [-0.2, -0.15) is 0 Å². The molecule has 3 aromatic rings. The summed E-state index contributed by atoms with van der Waals surface area (Å²) in [4.78, 5) is 4.97. The van der Waals surface area contributed by atoms with Crippen LogP contribution in [-0.2, 0) is 0 Å². The molecule has 3 nitrogen and oxygen atoms in total. The van der Waals surface area contributed by atoms with Crippen LogP contribution >= 0.6 is 0 Å². The van der Waals surface area contributed by atoms with Crippen molar-refractivity contribution >= 4 is 11.5 Å². The summed E-state index contributed by atoms with van der Waals surface area (Å²) in [6.07, 6.45) is 6.54. The summed E-state index contributed by atoms with van der Waals surface area (Å²) in [5.41, 5.74) is 5.77. The van der Waals surface area contributed by atoms with Crippen molar-refractivity contribution < 1.29 is 0 Å². The van der Waals surface area contributed by atoms with E-state index in [-0.39, 0.29) is 0 Å². The minimum absolute atomic E-state index is 0.557. The average molecular weight is 319 g/mol. The summed E-state index contributed by atoms with van der Waals surface area (Å²) in [5, 5.41) is 3.83. The monoisotopic (exact) mass is 319 g/mol. The van der Waals surface area contributed by atoms with Crippen molar-refractivity contribution in [3.05, 3.63) is 53.7 Å². The van der Waals surface area contributed by atoms with Crippen molar-refractivity contribution in [2.75, 3.05) is 5.32 Å². The predicted octanol–water partition coefficient (Wildman–Crippen LogP) is 5.36. The van der Waals surface area contributed by atoms with Crippen molar-refractivity contribution in [3.8, 4) is 11.3 Å². The molecule has 0 bridgehead atoms. The molecule has 0 radical (unpaired) electrons. The molecule has 1 aliphatic carbocycles. The molecule has 1 N–H and O–H groups in total. The molecule has 0 atom stereocenters. The number of aryl methyl sites for hydroxylation is 2. The number of nitrogens with one attached hydrogen (secondary N) is 1. The van der Waals surface area contributed by atoms with Crippen LogP contribution in [-0.4, -0.2) is 15.4 Å². The molecule has 3 heteroatoms. The lowest BCUT2D eigenvalue weighted by Crippen LogP contribution is -2.23. The second-order valence-electron chi connectivity index (χ2n) is 7.02. The van der Waals surface area contributed by atoms with Crippen molar-refractivity contribution in [2.45, 2.75) is 52.0 Å². The van der Waals surface area contributed by atoms with Crippen LogP contribution in [0, 0.1) is 13.8 Å². The van der Waals surface area contributed by atoms with Crippen LogP contribution in [0.3, 0.4) is 0 Å². The van der Waals surface area contributed by atoms with Gasteiger partial charge in [-0.15, -0.1) is 0 Å². The number of aromatic nitrogens is 2. The quantitative estimate of drug-likeness (QED) is 0.704. The highest BCUT2D eigenvalue weighted by Crippen LogP contribution is 2.32. The molecule has 24 heavy (non-hydrogen) atoms. The van der Waals surface area contributed by atoms with E-state index in [0.29, 0.717) is 6.04 Å². The van der Waals surface area contributed by atoms with E-state index in [4.69, 9.17) is 4.98 Å². The molecule has 0 amide bonds. The van der Waals surface area contributed by atoms with E-state index in [2.05, 4.69) is 66.0 Å². The Balaban J connectivity index is 1.86. The highest BCUT2D eigenvalue weighted by Gasteiger charge is 2.20. The Bertz CT molecular complexity index is 842. The number of rotatable bonds is 3. The lowest BCUT2D eigenvalue weighted by Gasteiger charge is -2.24. The summed E-state index contributed by atoms with van der Waals surface area (Å²) in [6.45, 7) is 4.31. The number of pyridine rings is 1. The first-order chi connectivity index (χ1) is 11.7. The maximum Gasteiger partial charge on any atom is 0.139 e. The number of hydrogen-bond donors (Lipinski definition) is 1. The number of imidazole rings is 1. The van der Waals surface area contributed by atoms with Gasteiger partial charge in [0.15, 0.2) is 0 Å². The molecule has 1 saturated carbocycles. The zero-order valence-corrected chi connectivity index (χ0v) is 14.5. The zero-order chi connectivity index (χ0) is 16.5. The van der Waals surface area contributed by atoms with Gasteiger partial charge in [-0.1, -0.05) is 49.6 Å². The van der Waals surface area contributed by atoms with Crippen molar-refractivity contribution in [3.63, 3.8) is 0 Å². The lowest BCUT2D eigenvalue weighted by molar-refractivity contribution is 0.461.